The van der Waals surface area contributed by atoms with E-state index >= 15 is 0 Å². The fourth-order valence-corrected chi connectivity index (χ4v) is 3.07. The zero-order valence-electron chi connectivity index (χ0n) is 10.4. The molecule has 0 aliphatic heterocycles. The van der Waals surface area contributed by atoms with Gasteiger partial charge in [-0.05, 0) is 44.7 Å². The van der Waals surface area contributed by atoms with Crippen LogP contribution in [0.3, 0.4) is 0 Å². The topological polar surface area (TPSA) is 29.3 Å². The van der Waals surface area contributed by atoms with Crippen LogP contribution in [0.2, 0.25) is 0 Å². The van der Waals surface area contributed by atoms with E-state index in [2.05, 4.69) is 39.8 Å². The molecular weight excluding hydrogens is 172 g/mol. The molecule has 0 aromatic rings. The predicted octanol–water partition coefficient (Wildman–Crippen LogP) is 2.09. The number of hydrogen-bond donors (Lipinski definition) is 1. The summed E-state index contributed by atoms with van der Waals surface area (Å²) < 4.78 is 0. The van der Waals surface area contributed by atoms with Crippen LogP contribution in [0.15, 0.2) is 0 Å². The summed E-state index contributed by atoms with van der Waals surface area (Å²) in [5.41, 5.74) is 6.73. The Labute approximate surface area is 88.8 Å². The molecule has 0 aromatic heterocycles. The molecule has 0 amide bonds. The van der Waals surface area contributed by atoms with E-state index in [1.54, 1.807) is 0 Å². The molecule has 2 N–H and O–H groups in total. The van der Waals surface area contributed by atoms with E-state index in [1.165, 1.54) is 19.3 Å². The van der Waals surface area contributed by atoms with Gasteiger partial charge in [-0.1, -0.05) is 20.8 Å². The second kappa shape index (κ2) is 3.82. The summed E-state index contributed by atoms with van der Waals surface area (Å²) >= 11 is 0. The highest BCUT2D eigenvalue weighted by molar-refractivity contribution is 5.00. The summed E-state index contributed by atoms with van der Waals surface area (Å²) in [6.07, 6.45) is 3.83. The van der Waals surface area contributed by atoms with Gasteiger partial charge in [-0.2, -0.15) is 0 Å². The normalized spacial score (nSPS) is 37.5. The SMILES string of the molecule is CC1CC(C)(C)CCC1(CN)N(C)C. The van der Waals surface area contributed by atoms with Crippen LogP contribution >= 0.6 is 0 Å². The van der Waals surface area contributed by atoms with Gasteiger partial charge in [-0.25, -0.2) is 0 Å². The van der Waals surface area contributed by atoms with Gasteiger partial charge in [-0.3, -0.25) is 0 Å². The van der Waals surface area contributed by atoms with Crippen LogP contribution < -0.4 is 5.73 Å². The standard InChI is InChI=1S/C12H26N2/c1-10-8-11(2,3)6-7-12(10,9-13)14(4)5/h10H,6-9,13H2,1-5H3. The Hall–Kier alpha value is -0.0800. The lowest BCUT2D eigenvalue weighted by Crippen LogP contribution is -2.58. The van der Waals surface area contributed by atoms with Crippen molar-refractivity contribution in [1.29, 1.82) is 0 Å². The first-order valence-corrected chi connectivity index (χ1v) is 5.71. The van der Waals surface area contributed by atoms with Crippen LogP contribution in [-0.2, 0) is 0 Å². The van der Waals surface area contributed by atoms with Gasteiger partial charge in [-0.15, -0.1) is 0 Å². The van der Waals surface area contributed by atoms with Crippen LogP contribution in [-0.4, -0.2) is 31.1 Å². The molecule has 2 unspecified atom stereocenters. The molecule has 0 heterocycles. The van der Waals surface area contributed by atoms with E-state index < -0.39 is 0 Å². The largest absolute Gasteiger partial charge is 0.329 e. The van der Waals surface area contributed by atoms with Gasteiger partial charge in [0.15, 0.2) is 0 Å². The Morgan fingerprint density at radius 2 is 1.86 bits per heavy atom. The lowest BCUT2D eigenvalue weighted by Gasteiger charge is -2.51. The molecule has 14 heavy (non-hydrogen) atoms. The summed E-state index contributed by atoms with van der Waals surface area (Å²) in [7, 11) is 4.34. The maximum Gasteiger partial charge on any atom is 0.0351 e. The molecule has 1 rings (SSSR count). The van der Waals surface area contributed by atoms with Crippen molar-refractivity contribution < 1.29 is 0 Å². The molecule has 0 aromatic carbocycles. The smallest absolute Gasteiger partial charge is 0.0351 e. The first-order valence-electron chi connectivity index (χ1n) is 5.71. The predicted molar refractivity (Wildman–Crippen MR) is 62.3 cm³/mol. The molecule has 1 aliphatic rings. The van der Waals surface area contributed by atoms with Gasteiger partial charge in [0, 0.05) is 12.1 Å². The Balaban J connectivity index is 2.82. The highest BCUT2D eigenvalue weighted by atomic mass is 15.2. The average Bonchev–Trinajstić information content (AvgIpc) is 2.03. The molecule has 0 radical (unpaired) electrons. The summed E-state index contributed by atoms with van der Waals surface area (Å²) in [5, 5.41) is 0. The molecule has 1 fully saturated rings. The van der Waals surface area contributed by atoms with Crippen molar-refractivity contribution in [2.75, 3.05) is 20.6 Å². The van der Waals surface area contributed by atoms with Crippen molar-refractivity contribution in [3.8, 4) is 0 Å². The molecule has 0 bridgehead atoms. The van der Waals surface area contributed by atoms with Crippen molar-refractivity contribution in [2.45, 2.75) is 45.6 Å². The minimum absolute atomic E-state index is 0.246. The average molecular weight is 198 g/mol. The van der Waals surface area contributed by atoms with E-state index in [4.69, 9.17) is 5.73 Å². The first kappa shape index (κ1) is 12.0. The van der Waals surface area contributed by atoms with Crippen molar-refractivity contribution >= 4 is 0 Å². The Morgan fingerprint density at radius 1 is 1.29 bits per heavy atom. The van der Waals surface area contributed by atoms with E-state index in [0.717, 1.165) is 6.54 Å². The maximum absolute atomic E-state index is 5.98. The van der Waals surface area contributed by atoms with Crippen LogP contribution in [0.1, 0.15) is 40.0 Å². The molecule has 1 aliphatic carbocycles. The fourth-order valence-electron chi connectivity index (χ4n) is 3.07. The minimum Gasteiger partial charge on any atom is -0.329 e. The highest BCUT2D eigenvalue weighted by Gasteiger charge is 2.44. The number of hydrogen-bond acceptors (Lipinski definition) is 2. The van der Waals surface area contributed by atoms with Crippen molar-refractivity contribution in [2.24, 2.45) is 17.1 Å². The van der Waals surface area contributed by atoms with Crippen LogP contribution in [0, 0.1) is 11.3 Å². The highest BCUT2D eigenvalue weighted by Crippen LogP contribution is 2.45. The number of likely N-dealkylation sites (N-methyl/N-ethyl adjacent to an activating group) is 1. The zero-order valence-corrected chi connectivity index (χ0v) is 10.4. The Morgan fingerprint density at radius 3 is 2.21 bits per heavy atom. The third-order valence-corrected chi connectivity index (χ3v) is 4.25. The molecule has 84 valence electrons. The van der Waals surface area contributed by atoms with Gasteiger partial charge < -0.3 is 10.6 Å². The fraction of sp³-hybridized carbons (Fsp3) is 1.00. The van der Waals surface area contributed by atoms with Crippen molar-refractivity contribution in [3.05, 3.63) is 0 Å². The molecule has 0 saturated heterocycles. The number of nitrogens with two attached hydrogens (primary N) is 1. The molecule has 0 spiro atoms. The van der Waals surface area contributed by atoms with Crippen LogP contribution in [0.4, 0.5) is 0 Å². The third-order valence-electron chi connectivity index (χ3n) is 4.25. The lowest BCUT2D eigenvalue weighted by molar-refractivity contribution is 0.00739. The monoisotopic (exact) mass is 198 g/mol. The second-order valence-corrected chi connectivity index (χ2v) is 5.97. The molecule has 2 nitrogen and oxygen atoms in total. The summed E-state index contributed by atoms with van der Waals surface area (Å²) in [4.78, 5) is 2.34. The summed E-state index contributed by atoms with van der Waals surface area (Å²) in [5.74, 6) is 0.700. The van der Waals surface area contributed by atoms with E-state index in [9.17, 15) is 0 Å². The molecule has 2 atom stereocenters. The quantitative estimate of drug-likeness (QED) is 0.736. The van der Waals surface area contributed by atoms with Gasteiger partial charge in [0.1, 0.15) is 0 Å². The van der Waals surface area contributed by atoms with E-state index in [-0.39, 0.29) is 5.54 Å². The Bertz CT molecular complexity index is 198. The molecular formula is C12H26N2. The third kappa shape index (κ3) is 1.96. The molecule has 1 saturated carbocycles. The van der Waals surface area contributed by atoms with Crippen LogP contribution in [0.25, 0.3) is 0 Å². The number of rotatable bonds is 2. The van der Waals surface area contributed by atoms with Gasteiger partial charge in [0.25, 0.3) is 0 Å². The second-order valence-electron chi connectivity index (χ2n) is 5.97. The van der Waals surface area contributed by atoms with E-state index in [0.29, 0.717) is 11.3 Å². The lowest BCUT2D eigenvalue weighted by atomic mass is 9.63. The van der Waals surface area contributed by atoms with Gasteiger partial charge in [0.05, 0.1) is 0 Å². The Kier molecular flexibility index (Phi) is 3.27. The number of nitrogens with zero attached hydrogens (tertiary/aromatic N) is 1. The van der Waals surface area contributed by atoms with Gasteiger partial charge in [0.2, 0.25) is 0 Å². The maximum atomic E-state index is 5.98. The summed E-state index contributed by atoms with van der Waals surface area (Å²) in [6.45, 7) is 7.89. The zero-order chi connectivity index (χ0) is 11.0. The summed E-state index contributed by atoms with van der Waals surface area (Å²) in [6, 6.07) is 0. The van der Waals surface area contributed by atoms with Gasteiger partial charge >= 0.3 is 0 Å². The van der Waals surface area contributed by atoms with Crippen molar-refractivity contribution in [1.82, 2.24) is 4.90 Å². The minimum atomic E-state index is 0.246. The molecule has 2 heteroatoms. The van der Waals surface area contributed by atoms with Crippen molar-refractivity contribution in [3.63, 3.8) is 0 Å². The first-order chi connectivity index (χ1) is 6.34. The van der Waals surface area contributed by atoms with Crippen LogP contribution in [0.5, 0.6) is 0 Å². The van der Waals surface area contributed by atoms with E-state index in [1.807, 2.05) is 0 Å².